The van der Waals surface area contributed by atoms with E-state index >= 15 is 0 Å². The van der Waals surface area contributed by atoms with Crippen LogP contribution in [-0.2, 0) is 0 Å². The van der Waals surface area contributed by atoms with Crippen LogP contribution in [0.4, 0.5) is 34.1 Å². The molecule has 0 amide bonds. The first-order valence-electron chi connectivity index (χ1n) is 20.0. The predicted octanol–water partition coefficient (Wildman–Crippen LogP) is 10.7. The first kappa shape index (κ1) is 32.0. The molecule has 14 rings (SSSR count). The Morgan fingerprint density at radius 2 is 0.741 bits per heavy atom. The zero-order valence-electron chi connectivity index (χ0n) is 31.0. The number of hydrogen-bond acceptors (Lipinski definition) is 2. The van der Waals surface area contributed by atoms with Gasteiger partial charge < -0.3 is 9.80 Å². The lowest BCUT2D eigenvalue weighted by Gasteiger charge is -2.42. The third-order valence-corrected chi connectivity index (χ3v) is 14.4. The molecule has 10 aromatic carbocycles. The standard InChI is InChI=1S/C52H28B2Br2N2/c55-31-25-37-35-21-19-30-24-42-50-36(38-26-32(56)28-46-52(38)54(42)40-16-8-10-18-44(40)58(46)34-13-5-2-6-14-34)22-20-29-23-41(49(35)47(30)48(29)50)53-39-15-7-9-17-43(39)57(45(27-31)51(37)53)33-11-3-1-4-12-33/h1-28H. The molecule has 10 aromatic rings. The summed E-state index contributed by atoms with van der Waals surface area (Å²) in [7, 11) is 0. The van der Waals surface area contributed by atoms with E-state index in [1.165, 1.54) is 121 Å². The SMILES string of the molecule is Brc1cc2c3c(c1)N(c1ccccc1)c1ccccc1B3c1cc3ccc4c5c(cc6ccc-2c1c6c35)B1c2ccccc2N(c2ccccc2)c2cc(Br)cc-4c21. The molecule has 4 heterocycles. The van der Waals surface area contributed by atoms with Crippen molar-refractivity contribution >= 4 is 145 Å². The molecular weight excluding hydrogens is 834 g/mol. The lowest BCUT2D eigenvalue weighted by Crippen LogP contribution is -2.60. The minimum Gasteiger partial charge on any atom is -0.311 e. The van der Waals surface area contributed by atoms with Gasteiger partial charge in [-0.3, -0.25) is 0 Å². The molecule has 0 radical (unpaired) electrons. The molecule has 4 aliphatic rings. The number of halogens is 2. The van der Waals surface area contributed by atoms with Crippen molar-refractivity contribution in [2.45, 2.75) is 0 Å². The van der Waals surface area contributed by atoms with Crippen molar-refractivity contribution in [1.29, 1.82) is 0 Å². The largest absolute Gasteiger partial charge is 0.311 e. The summed E-state index contributed by atoms with van der Waals surface area (Å²) in [5.74, 6) is 0. The number of anilines is 6. The Bertz CT molecular complexity index is 3230. The summed E-state index contributed by atoms with van der Waals surface area (Å²) in [5, 5.41) is 8.16. The van der Waals surface area contributed by atoms with Gasteiger partial charge in [0, 0.05) is 43.1 Å². The maximum atomic E-state index is 4.00. The van der Waals surface area contributed by atoms with Gasteiger partial charge in [-0.15, -0.1) is 0 Å². The van der Waals surface area contributed by atoms with E-state index in [4.69, 9.17) is 0 Å². The molecule has 0 aliphatic carbocycles. The van der Waals surface area contributed by atoms with Gasteiger partial charge in [-0.2, -0.15) is 0 Å². The Labute approximate surface area is 353 Å². The lowest BCUT2D eigenvalue weighted by atomic mass is 9.31. The molecule has 0 fully saturated rings. The maximum Gasteiger partial charge on any atom is 0.248 e. The van der Waals surface area contributed by atoms with Crippen molar-refractivity contribution < 1.29 is 0 Å². The van der Waals surface area contributed by atoms with Crippen molar-refractivity contribution in [2.75, 3.05) is 9.80 Å². The van der Waals surface area contributed by atoms with E-state index in [0.717, 1.165) is 8.95 Å². The van der Waals surface area contributed by atoms with Crippen molar-refractivity contribution in [3.05, 3.63) is 179 Å². The van der Waals surface area contributed by atoms with Gasteiger partial charge in [0.2, 0.25) is 13.4 Å². The van der Waals surface area contributed by atoms with E-state index in [0.29, 0.717) is 0 Å². The number of nitrogens with zero attached hydrogens (tertiary/aromatic N) is 2. The molecule has 266 valence electrons. The molecular formula is C52H28B2Br2N2. The summed E-state index contributed by atoms with van der Waals surface area (Å²) in [6, 6.07) is 63.9. The molecule has 0 atom stereocenters. The fourth-order valence-electron chi connectivity index (χ4n) is 11.4. The Hall–Kier alpha value is -6.07. The van der Waals surface area contributed by atoms with Crippen LogP contribution in [0.5, 0.6) is 0 Å². The second-order valence-electron chi connectivity index (χ2n) is 16.2. The first-order valence-corrected chi connectivity index (χ1v) is 21.5. The van der Waals surface area contributed by atoms with Crippen LogP contribution in [0.15, 0.2) is 179 Å². The van der Waals surface area contributed by atoms with Crippen LogP contribution in [0.2, 0.25) is 0 Å². The fourth-order valence-corrected chi connectivity index (χ4v) is 12.3. The highest BCUT2D eigenvalue weighted by molar-refractivity contribution is 9.10. The van der Waals surface area contributed by atoms with E-state index in [-0.39, 0.29) is 13.4 Å². The minimum atomic E-state index is 0.0938. The molecule has 0 saturated carbocycles. The third kappa shape index (κ3) is 3.95. The smallest absolute Gasteiger partial charge is 0.248 e. The van der Waals surface area contributed by atoms with Gasteiger partial charge in [0.25, 0.3) is 0 Å². The molecule has 2 nitrogen and oxygen atoms in total. The molecule has 0 saturated heterocycles. The predicted molar refractivity (Wildman–Crippen MR) is 255 cm³/mol. The Kier molecular flexibility index (Phi) is 6.23. The van der Waals surface area contributed by atoms with Gasteiger partial charge >= 0.3 is 0 Å². The highest BCUT2D eigenvalue weighted by Gasteiger charge is 2.44. The summed E-state index contributed by atoms with van der Waals surface area (Å²) < 4.78 is 2.18. The number of rotatable bonds is 2. The van der Waals surface area contributed by atoms with E-state index in [2.05, 4.69) is 212 Å². The highest BCUT2D eigenvalue weighted by Crippen LogP contribution is 2.49. The van der Waals surface area contributed by atoms with E-state index in [1.54, 1.807) is 0 Å². The van der Waals surface area contributed by atoms with Crippen LogP contribution < -0.4 is 42.6 Å². The van der Waals surface area contributed by atoms with E-state index in [9.17, 15) is 0 Å². The maximum absolute atomic E-state index is 4.00. The van der Waals surface area contributed by atoms with Gasteiger partial charge in [0.15, 0.2) is 0 Å². The quantitative estimate of drug-likeness (QED) is 0.126. The normalized spacial score (nSPS) is 13.9. The fraction of sp³-hybridized carbons (Fsp3) is 0. The average Bonchev–Trinajstić information content (AvgIpc) is 3.26. The molecule has 58 heavy (non-hydrogen) atoms. The number of fused-ring (bicyclic) bond motifs is 8. The summed E-state index contributed by atoms with van der Waals surface area (Å²) in [6.45, 7) is 0.188. The summed E-state index contributed by atoms with van der Waals surface area (Å²) in [5.41, 5.74) is 20.8. The van der Waals surface area contributed by atoms with Crippen LogP contribution in [-0.4, -0.2) is 13.4 Å². The van der Waals surface area contributed by atoms with Gasteiger partial charge in [-0.05, 0) is 137 Å². The number of hydrogen-bond donors (Lipinski definition) is 0. The summed E-state index contributed by atoms with van der Waals surface area (Å²) in [6.07, 6.45) is 0. The van der Waals surface area contributed by atoms with Crippen molar-refractivity contribution in [1.82, 2.24) is 0 Å². The average molecular weight is 862 g/mol. The number of benzene rings is 10. The zero-order valence-corrected chi connectivity index (χ0v) is 34.1. The van der Waals surface area contributed by atoms with Gasteiger partial charge in [0.05, 0.1) is 0 Å². The molecule has 4 aliphatic heterocycles. The molecule has 0 bridgehead atoms. The Balaban J connectivity index is 1.11. The van der Waals surface area contributed by atoms with Crippen LogP contribution >= 0.6 is 31.9 Å². The van der Waals surface area contributed by atoms with Crippen LogP contribution in [0.25, 0.3) is 54.6 Å². The van der Waals surface area contributed by atoms with Crippen LogP contribution in [0, 0.1) is 0 Å². The van der Waals surface area contributed by atoms with Gasteiger partial charge in [-0.25, -0.2) is 0 Å². The third-order valence-electron chi connectivity index (χ3n) is 13.4. The van der Waals surface area contributed by atoms with Crippen LogP contribution in [0.1, 0.15) is 0 Å². The monoisotopic (exact) mass is 860 g/mol. The molecule has 0 unspecified atom stereocenters. The highest BCUT2D eigenvalue weighted by atomic mass is 79.9. The van der Waals surface area contributed by atoms with Crippen LogP contribution in [0.3, 0.4) is 0 Å². The topological polar surface area (TPSA) is 6.48 Å². The second kappa shape index (κ2) is 11.3. The van der Waals surface area contributed by atoms with Gasteiger partial charge in [-0.1, -0.05) is 152 Å². The van der Waals surface area contributed by atoms with Crippen molar-refractivity contribution in [2.24, 2.45) is 0 Å². The van der Waals surface area contributed by atoms with Crippen molar-refractivity contribution in [3.8, 4) is 22.3 Å². The molecule has 0 spiro atoms. The molecule has 0 N–H and O–H groups in total. The summed E-state index contributed by atoms with van der Waals surface area (Å²) >= 11 is 8.00. The Morgan fingerprint density at radius 3 is 1.19 bits per heavy atom. The minimum absolute atomic E-state index is 0.0938. The Morgan fingerprint density at radius 1 is 0.328 bits per heavy atom. The molecule has 0 aromatic heterocycles. The first-order chi connectivity index (χ1) is 28.6. The lowest BCUT2D eigenvalue weighted by molar-refractivity contribution is 1.29. The van der Waals surface area contributed by atoms with Crippen molar-refractivity contribution in [3.63, 3.8) is 0 Å². The van der Waals surface area contributed by atoms with E-state index in [1.807, 2.05) is 0 Å². The van der Waals surface area contributed by atoms with E-state index < -0.39 is 0 Å². The second-order valence-corrected chi connectivity index (χ2v) is 18.0. The molecule has 6 heteroatoms. The zero-order chi connectivity index (χ0) is 38.0. The number of para-hydroxylation sites is 4. The summed E-state index contributed by atoms with van der Waals surface area (Å²) in [4.78, 5) is 4.93. The van der Waals surface area contributed by atoms with Gasteiger partial charge in [0.1, 0.15) is 0 Å².